The lowest BCUT2D eigenvalue weighted by atomic mass is 10.1. The Kier molecular flexibility index (Phi) is 6.23. The van der Waals surface area contributed by atoms with E-state index < -0.39 is 0 Å². The second-order valence-corrected chi connectivity index (χ2v) is 4.69. The molecule has 0 bridgehead atoms. The van der Waals surface area contributed by atoms with Crippen LogP contribution in [0.3, 0.4) is 0 Å². The molecule has 0 unspecified atom stereocenters. The molecule has 0 aliphatic heterocycles. The van der Waals surface area contributed by atoms with Gasteiger partial charge in [-0.3, -0.25) is 4.79 Å². The molecule has 0 aliphatic rings. The van der Waals surface area contributed by atoms with E-state index >= 15 is 0 Å². The molecule has 0 fully saturated rings. The number of benzene rings is 1. The van der Waals surface area contributed by atoms with E-state index in [0.717, 1.165) is 11.3 Å². The number of rotatable bonds is 8. The van der Waals surface area contributed by atoms with Gasteiger partial charge in [-0.1, -0.05) is 5.16 Å². The SMILES string of the molecule is CO/N=C(\CCC(=O)OCc1ccco1)c1ccc(OC)cc1. The van der Waals surface area contributed by atoms with Crippen LogP contribution in [0.4, 0.5) is 0 Å². The van der Waals surface area contributed by atoms with Crippen molar-refractivity contribution in [3.05, 3.63) is 54.0 Å². The van der Waals surface area contributed by atoms with Crippen molar-refractivity contribution in [1.82, 2.24) is 0 Å². The monoisotopic (exact) mass is 317 g/mol. The maximum atomic E-state index is 11.8. The number of nitrogens with zero attached hydrogens (tertiary/aromatic N) is 1. The van der Waals surface area contributed by atoms with Crippen molar-refractivity contribution >= 4 is 11.7 Å². The number of esters is 1. The number of carbonyl (C=O) groups excluding carboxylic acids is 1. The van der Waals surface area contributed by atoms with Crippen molar-refractivity contribution in [3.8, 4) is 5.75 Å². The van der Waals surface area contributed by atoms with Crippen molar-refractivity contribution in [2.45, 2.75) is 19.4 Å². The average Bonchev–Trinajstić information content (AvgIpc) is 3.10. The average molecular weight is 317 g/mol. The predicted octanol–water partition coefficient (Wildman–Crippen LogP) is 3.16. The molecule has 6 heteroatoms. The molecule has 1 heterocycles. The highest BCUT2D eigenvalue weighted by atomic mass is 16.6. The predicted molar refractivity (Wildman–Crippen MR) is 84.3 cm³/mol. The van der Waals surface area contributed by atoms with E-state index in [0.29, 0.717) is 17.9 Å². The fraction of sp³-hybridized carbons (Fsp3) is 0.294. The van der Waals surface area contributed by atoms with Crippen LogP contribution in [-0.2, 0) is 21.0 Å². The molecular weight excluding hydrogens is 298 g/mol. The number of hydrogen-bond donors (Lipinski definition) is 0. The van der Waals surface area contributed by atoms with E-state index in [1.807, 2.05) is 24.3 Å². The fourth-order valence-corrected chi connectivity index (χ4v) is 1.98. The summed E-state index contributed by atoms with van der Waals surface area (Å²) in [6, 6.07) is 10.9. The molecule has 0 spiro atoms. The topological polar surface area (TPSA) is 70.3 Å². The van der Waals surface area contributed by atoms with E-state index in [2.05, 4.69) is 5.16 Å². The molecule has 1 aromatic carbocycles. The Balaban J connectivity index is 1.88. The first-order chi connectivity index (χ1) is 11.2. The lowest BCUT2D eigenvalue weighted by Gasteiger charge is -2.07. The molecule has 122 valence electrons. The van der Waals surface area contributed by atoms with Crippen LogP contribution in [-0.4, -0.2) is 25.9 Å². The van der Waals surface area contributed by atoms with E-state index in [1.165, 1.54) is 13.4 Å². The van der Waals surface area contributed by atoms with Gasteiger partial charge in [-0.05, 0) is 42.0 Å². The van der Waals surface area contributed by atoms with Crippen LogP contribution >= 0.6 is 0 Å². The maximum absolute atomic E-state index is 11.8. The Hall–Kier alpha value is -2.76. The lowest BCUT2D eigenvalue weighted by molar-refractivity contribution is -0.145. The van der Waals surface area contributed by atoms with E-state index in [4.69, 9.17) is 18.7 Å². The highest BCUT2D eigenvalue weighted by Gasteiger charge is 2.11. The number of carbonyl (C=O) groups is 1. The first kappa shape index (κ1) is 16.6. The normalized spacial score (nSPS) is 11.1. The van der Waals surface area contributed by atoms with Gasteiger partial charge in [-0.15, -0.1) is 0 Å². The summed E-state index contributed by atoms with van der Waals surface area (Å²) >= 11 is 0. The van der Waals surface area contributed by atoms with Gasteiger partial charge in [0.15, 0.2) is 0 Å². The molecule has 2 aromatic rings. The molecule has 23 heavy (non-hydrogen) atoms. The number of methoxy groups -OCH3 is 1. The molecule has 0 amide bonds. The third kappa shape index (κ3) is 5.18. The van der Waals surface area contributed by atoms with Crippen LogP contribution < -0.4 is 4.74 Å². The summed E-state index contributed by atoms with van der Waals surface area (Å²) in [5, 5.41) is 3.98. The third-order valence-corrected chi connectivity index (χ3v) is 3.15. The number of furan rings is 1. The van der Waals surface area contributed by atoms with Crippen molar-refractivity contribution in [1.29, 1.82) is 0 Å². The zero-order valence-electron chi connectivity index (χ0n) is 13.2. The third-order valence-electron chi connectivity index (χ3n) is 3.15. The highest BCUT2D eigenvalue weighted by molar-refractivity contribution is 6.01. The summed E-state index contributed by atoms with van der Waals surface area (Å²) in [6.45, 7) is 0.130. The first-order valence-electron chi connectivity index (χ1n) is 7.15. The first-order valence-corrected chi connectivity index (χ1v) is 7.15. The van der Waals surface area contributed by atoms with Crippen LogP contribution in [0.5, 0.6) is 5.75 Å². The minimum Gasteiger partial charge on any atom is -0.497 e. The van der Waals surface area contributed by atoms with Gasteiger partial charge in [-0.2, -0.15) is 0 Å². The van der Waals surface area contributed by atoms with Gasteiger partial charge < -0.3 is 18.7 Å². The minimum atomic E-state index is -0.321. The van der Waals surface area contributed by atoms with Crippen LogP contribution in [0.25, 0.3) is 0 Å². The van der Waals surface area contributed by atoms with E-state index in [-0.39, 0.29) is 19.0 Å². The Labute approximate surface area is 134 Å². The van der Waals surface area contributed by atoms with Gasteiger partial charge in [0.2, 0.25) is 0 Å². The van der Waals surface area contributed by atoms with Gasteiger partial charge in [0.25, 0.3) is 0 Å². The zero-order valence-corrected chi connectivity index (χ0v) is 13.2. The number of oxime groups is 1. The van der Waals surface area contributed by atoms with Crippen LogP contribution in [0.15, 0.2) is 52.2 Å². The summed E-state index contributed by atoms with van der Waals surface area (Å²) in [4.78, 5) is 16.7. The molecule has 0 saturated carbocycles. The molecule has 0 N–H and O–H groups in total. The van der Waals surface area contributed by atoms with E-state index in [1.54, 1.807) is 19.2 Å². The molecule has 6 nitrogen and oxygen atoms in total. The maximum Gasteiger partial charge on any atom is 0.306 e. The van der Waals surface area contributed by atoms with Crippen molar-refractivity contribution in [3.63, 3.8) is 0 Å². The van der Waals surface area contributed by atoms with Gasteiger partial charge in [0, 0.05) is 6.42 Å². The second-order valence-electron chi connectivity index (χ2n) is 4.69. The molecule has 0 aliphatic carbocycles. The van der Waals surface area contributed by atoms with Crippen molar-refractivity contribution in [2.24, 2.45) is 5.16 Å². The molecule has 0 saturated heterocycles. The fourth-order valence-electron chi connectivity index (χ4n) is 1.98. The second kappa shape index (κ2) is 8.63. The smallest absolute Gasteiger partial charge is 0.306 e. The number of hydrogen-bond acceptors (Lipinski definition) is 6. The van der Waals surface area contributed by atoms with Crippen molar-refractivity contribution < 1.29 is 23.5 Å². The molecule has 0 radical (unpaired) electrons. The molecular formula is C17H19NO5. The summed E-state index contributed by atoms with van der Waals surface area (Å²) in [5.74, 6) is 1.04. The quantitative estimate of drug-likeness (QED) is 0.425. The van der Waals surface area contributed by atoms with Crippen LogP contribution in [0.2, 0.25) is 0 Å². The Morgan fingerprint density at radius 1 is 1.13 bits per heavy atom. The molecule has 2 rings (SSSR count). The summed E-state index contributed by atoms with van der Waals surface area (Å²) in [6.07, 6.45) is 2.16. The molecule has 0 atom stereocenters. The van der Waals surface area contributed by atoms with E-state index in [9.17, 15) is 4.79 Å². The largest absolute Gasteiger partial charge is 0.497 e. The Bertz CT molecular complexity index is 632. The van der Waals surface area contributed by atoms with Gasteiger partial charge in [0.1, 0.15) is 25.2 Å². The van der Waals surface area contributed by atoms with Crippen molar-refractivity contribution in [2.75, 3.05) is 14.2 Å². The summed E-state index contributed by atoms with van der Waals surface area (Å²) < 4.78 is 15.4. The van der Waals surface area contributed by atoms with Crippen LogP contribution in [0.1, 0.15) is 24.2 Å². The number of ether oxygens (including phenoxy) is 2. The standard InChI is InChI=1S/C17H19NO5/c1-20-14-7-5-13(6-8-14)16(18-21-2)9-10-17(19)23-12-15-4-3-11-22-15/h3-8,11H,9-10,12H2,1-2H3/b18-16+. The van der Waals surface area contributed by atoms with Crippen LogP contribution in [0, 0.1) is 0 Å². The van der Waals surface area contributed by atoms with Gasteiger partial charge in [0.05, 0.1) is 25.5 Å². The lowest BCUT2D eigenvalue weighted by Crippen LogP contribution is -2.09. The summed E-state index contributed by atoms with van der Waals surface area (Å²) in [5.41, 5.74) is 1.54. The highest BCUT2D eigenvalue weighted by Crippen LogP contribution is 2.15. The van der Waals surface area contributed by atoms with Gasteiger partial charge >= 0.3 is 5.97 Å². The summed E-state index contributed by atoms with van der Waals surface area (Å²) in [7, 11) is 3.08. The van der Waals surface area contributed by atoms with Gasteiger partial charge in [-0.25, -0.2) is 0 Å². The minimum absolute atomic E-state index is 0.130. The zero-order chi connectivity index (χ0) is 16.5. The Morgan fingerprint density at radius 3 is 2.52 bits per heavy atom. The molecule has 1 aromatic heterocycles. The Morgan fingerprint density at radius 2 is 1.91 bits per heavy atom.